The number of nitrogens with one attached hydrogen (secondary N) is 1. The predicted molar refractivity (Wildman–Crippen MR) is 106 cm³/mol. The average molecular weight is 389 g/mol. The van der Waals surface area contributed by atoms with Crippen LogP contribution >= 0.6 is 0 Å². The molecule has 0 heterocycles. The monoisotopic (exact) mass is 389 g/mol. The van der Waals surface area contributed by atoms with Gasteiger partial charge in [-0.1, -0.05) is 19.1 Å². The van der Waals surface area contributed by atoms with Gasteiger partial charge in [0.1, 0.15) is 11.5 Å². The molecule has 0 unspecified atom stereocenters. The average Bonchev–Trinajstić information content (AvgIpc) is 2.61. The number of rotatable bonds is 7. The molecule has 2 aromatic rings. The Balaban J connectivity index is 2.14. The third-order valence-corrected chi connectivity index (χ3v) is 5.35. The number of anilines is 1. The molecule has 0 atom stereocenters. The molecule has 6 nitrogen and oxygen atoms in total. The highest BCUT2D eigenvalue weighted by molar-refractivity contribution is 7.91. The Labute approximate surface area is 159 Å². The van der Waals surface area contributed by atoms with Crippen LogP contribution in [0.5, 0.6) is 11.5 Å². The normalized spacial score (nSPS) is 11.7. The van der Waals surface area contributed by atoms with Crippen LogP contribution in [0.25, 0.3) is 6.08 Å². The van der Waals surface area contributed by atoms with Gasteiger partial charge in [0.15, 0.2) is 9.84 Å². The van der Waals surface area contributed by atoms with Gasteiger partial charge in [0.05, 0.1) is 22.4 Å². The molecule has 0 aliphatic heterocycles. The molecule has 0 spiro atoms. The number of hydrogen-bond donors (Lipinski definition) is 2. The van der Waals surface area contributed by atoms with Crippen molar-refractivity contribution in [3.05, 3.63) is 54.1 Å². The zero-order valence-electron chi connectivity index (χ0n) is 15.5. The van der Waals surface area contributed by atoms with Crippen LogP contribution in [-0.4, -0.2) is 31.3 Å². The molecule has 0 aromatic heterocycles. The van der Waals surface area contributed by atoms with Crippen molar-refractivity contribution in [3.8, 4) is 11.5 Å². The Kier molecular flexibility index (Phi) is 6.63. The third kappa shape index (κ3) is 5.86. The van der Waals surface area contributed by atoms with Gasteiger partial charge in [-0.05, 0) is 55.8 Å². The molecule has 2 rings (SSSR count). The highest BCUT2D eigenvalue weighted by Crippen LogP contribution is 2.27. The first kappa shape index (κ1) is 20.5. The van der Waals surface area contributed by atoms with Crippen molar-refractivity contribution in [3.63, 3.8) is 0 Å². The number of aromatic hydroxyl groups is 1. The first-order valence-electron chi connectivity index (χ1n) is 8.53. The number of phenolic OH excluding ortho intramolecular Hbond substituents is 1. The Morgan fingerprint density at radius 1 is 1.22 bits per heavy atom. The van der Waals surface area contributed by atoms with Gasteiger partial charge >= 0.3 is 0 Å². The molecule has 0 aliphatic carbocycles. The minimum atomic E-state index is -3.44. The molecule has 0 saturated heterocycles. The number of sulfone groups is 1. The molecule has 144 valence electrons. The zero-order valence-corrected chi connectivity index (χ0v) is 16.3. The van der Waals surface area contributed by atoms with Gasteiger partial charge in [-0.15, -0.1) is 0 Å². The van der Waals surface area contributed by atoms with Crippen molar-refractivity contribution in [2.45, 2.75) is 31.8 Å². The van der Waals surface area contributed by atoms with Crippen LogP contribution in [0.4, 0.5) is 5.69 Å². The van der Waals surface area contributed by atoms with Crippen LogP contribution < -0.4 is 10.1 Å². The lowest BCUT2D eigenvalue weighted by atomic mass is 10.2. The summed E-state index contributed by atoms with van der Waals surface area (Å²) in [7, 11) is -3.44. The molecular formula is C20H23NO5S. The Morgan fingerprint density at radius 2 is 1.96 bits per heavy atom. The fourth-order valence-corrected chi connectivity index (χ4v) is 3.19. The van der Waals surface area contributed by atoms with Crippen LogP contribution in [0.3, 0.4) is 0 Å². The van der Waals surface area contributed by atoms with E-state index in [1.807, 2.05) is 32.0 Å². The van der Waals surface area contributed by atoms with Gasteiger partial charge < -0.3 is 15.2 Å². The molecule has 2 N–H and O–H groups in total. The van der Waals surface area contributed by atoms with E-state index in [-0.39, 0.29) is 28.2 Å². The minimum Gasteiger partial charge on any atom is -0.506 e. The summed E-state index contributed by atoms with van der Waals surface area (Å²) >= 11 is 0. The van der Waals surface area contributed by atoms with E-state index in [0.717, 1.165) is 5.56 Å². The van der Waals surface area contributed by atoms with Gasteiger partial charge in [-0.25, -0.2) is 8.42 Å². The number of phenols is 1. The number of hydrogen-bond acceptors (Lipinski definition) is 5. The lowest BCUT2D eigenvalue weighted by molar-refractivity contribution is -0.111. The number of carbonyl (C=O) groups is 1. The molecule has 7 heteroatoms. The highest BCUT2D eigenvalue weighted by Gasteiger charge is 2.14. The zero-order chi connectivity index (χ0) is 20.0. The van der Waals surface area contributed by atoms with Gasteiger partial charge in [0.25, 0.3) is 0 Å². The molecular weight excluding hydrogens is 366 g/mol. The smallest absolute Gasteiger partial charge is 0.248 e. The van der Waals surface area contributed by atoms with Crippen LogP contribution in [-0.2, 0) is 14.6 Å². The van der Waals surface area contributed by atoms with Gasteiger partial charge in [-0.2, -0.15) is 0 Å². The van der Waals surface area contributed by atoms with Gasteiger partial charge in [0, 0.05) is 6.08 Å². The standard InChI is InChI=1S/C20H23NO5S/c1-4-27(24,25)17-9-10-19(22)18(13-17)21-20(23)11-8-15-6-5-7-16(12-15)26-14(2)3/h5-14,22H,4H2,1-3H3,(H,21,23)/b11-8+. The Morgan fingerprint density at radius 3 is 2.63 bits per heavy atom. The number of carbonyl (C=O) groups excluding carboxylic acids is 1. The predicted octanol–water partition coefficient (Wildman–Crippen LogP) is 3.62. The Hall–Kier alpha value is -2.80. The fourth-order valence-electron chi connectivity index (χ4n) is 2.29. The van der Waals surface area contributed by atoms with Crippen LogP contribution in [0.2, 0.25) is 0 Å². The maximum Gasteiger partial charge on any atom is 0.248 e. The SMILES string of the molecule is CCS(=O)(=O)c1ccc(O)c(NC(=O)/C=C/c2cccc(OC(C)C)c2)c1. The topological polar surface area (TPSA) is 92.7 Å². The summed E-state index contributed by atoms with van der Waals surface area (Å²) in [6.07, 6.45) is 2.95. The number of ether oxygens (including phenoxy) is 1. The van der Waals surface area contributed by atoms with Crippen molar-refractivity contribution in [2.24, 2.45) is 0 Å². The lowest BCUT2D eigenvalue weighted by Crippen LogP contribution is -2.10. The molecule has 0 bridgehead atoms. The summed E-state index contributed by atoms with van der Waals surface area (Å²) in [6.45, 7) is 5.38. The summed E-state index contributed by atoms with van der Waals surface area (Å²) in [5, 5.41) is 12.4. The van der Waals surface area contributed by atoms with E-state index < -0.39 is 15.7 Å². The Bertz CT molecular complexity index is 949. The van der Waals surface area contributed by atoms with E-state index in [4.69, 9.17) is 4.74 Å². The first-order chi connectivity index (χ1) is 12.7. The van der Waals surface area contributed by atoms with Crippen LogP contribution in [0.15, 0.2) is 53.4 Å². The van der Waals surface area contributed by atoms with E-state index in [1.54, 1.807) is 12.1 Å². The maximum atomic E-state index is 12.1. The summed E-state index contributed by atoms with van der Waals surface area (Å²) in [5.74, 6) is -0.0758. The van der Waals surface area contributed by atoms with Crippen molar-refractivity contribution < 1.29 is 23.1 Å². The van der Waals surface area contributed by atoms with E-state index in [1.165, 1.54) is 31.2 Å². The first-order valence-corrected chi connectivity index (χ1v) is 10.2. The molecule has 0 fully saturated rings. The van der Waals surface area contributed by atoms with Crippen molar-refractivity contribution >= 4 is 27.5 Å². The fraction of sp³-hybridized carbons (Fsp3) is 0.250. The summed E-state index contributed by atoms with van der Waals surface area (Å²) in [5.41, 5.74) is 0.811. The summed E-state index contributed by atoms with van der Waals surface area (Å²) < 4.78 is 29.5. The maximum absolute atomic E-state index is 12.1. The van der Waals surface area contributed by atoms with E-state index >= 15 is 0 Å². The largest absolute Gasteiger partial charge is 0.506 e. The highest BCUT2D eigenvalue weighted by atomic mass is 32.2. The van der Waals surface area contributed by atoms with E-state index in [9.17, 15) is 18.3 Å². The number of amides is 1. The van der Waals surface area contributed by atoms with Crippen LogP contribution in [0.1, 0.15) is 26.3 Å². The molecule has 0 aliphatic rings. The molecule has 2 aromatic carbocycles. The van der Waals surface area contributed by atoms with E-state index in [0.29, 0.717) is 5.75 Å². The molecule has 0 radical (unpaired) electrons. The quantitative estimate of drug-likeness (QED) is 0.557. The van der Waals surface area contributed by atoms with Crippen molar-refractivity contribution in [2.75, 3.05) is 11.1 Å². The number of benzene rings is 2. The second-order valence-corrected chi connectivity index (χ2v) is 8.42. The summed E-state index contributed by atoms with van der Waals surface area (Å²) in [6, 6.07) is 11.1. The third-order valence-electron chi connectivity index (χ3n) is 3.62. The van der Waals surface area contributed by atoms with Gasteiger partial charge in [-0.3, -0.25) is 4.79 Å². The molecule has 0 saturated carbocycles. The van der Waals surface area contributed by atoms with Crippen molar-refractivity contribution in [1.29, 1.82) is 0 Å². The van der Waals surface area contributed by atoms with Crippen molar-refractivity contribution in [1.82, 2.24) is 0 Å². The second kappa shape index (κ2) is 8.73. The molecule has 27 heavy (non-hydrogen) atoms. The second-order valence-electron chi connectivity index (χ2n) is 6.14. The molecule has 1 amide bonds. The lowest BCUT2D eigenvalue weighted by Gasteiger charge is -2.10. The summed E-state index contributed by atoms with van der Waals surface area (Å²) in [4.78, 5) is 12.2. The van der Waals surface area contributed by atoms with E-state index in [2.05, 4.69) is 5.32 Å². The van der Waals surface area contributed by atoms with Gasteiger partial charge in [0.2, 0.25) is 5.91 Å². The van der Waals surface area contributed by atoms with Crippen LogP contribution in [0, 0.1) is 0 Å². The minimum absolute atomic E-state index is 0.0380.